The molecule has 0 N–H and O–H groups in total. The van der Waals surface area contributed by atoms with Crippen LogP contribution in [0, 0.1) is 5.82 Å². The first-order valence-corrected chi connectivity index (χ1v) is 9.78. The van der Waals surface area contributed by atoms with Crippen molar-refractivity contribution in [3.63, 3.8) is 0 Å². The summed E-state index contributed by atoms with van der Waals surface area (Å²) >= 11 is 6.09. The number of benzene rings is 2. The van der Waals surface area contributed by atoms with Gasteiger partial charge >= 0.3 is 0 Å². The monoisotopic (exact) mass is 418 g/mol. The normalized spacial score (nSPS) is 18.8. The van der Waals surface area contributed by atoms with E-state index in [2.05, 4.69) is 0 Å². The molecule has 0 unspecified atom stereocenters. The number of carbonyl (C=O) groups excluding carboxylic acids is 2. The van der Waals surface area contributed by atoms with Crippen molar-refractivity contribution in [1.82, 2.24) is 4.90 Å². The minimum Gasteiger partial charge on any atom is -0.476 e. The molecule has 8 heteroatoms. The predicted octanol–water partition coefficient (Wildman–Crippen LogP) is 2.67. The lowest BCUT2D eigenvalue weighted by atomic mass is 10.1. The average Bonchev–Trinajstić information content (AvgIpc) is 2.75. The highest BCUT2D eigenvalue weighted by Crippen LogP contribution is 2.34. The van der Waals surface area contributed by atoms with Crippen molar-refractivity contribution < 1.29 is 23.5 Å². The van der Waals surface area contributed by atoms with Gasteiger partial charge in [-0.1, -0.05) is 29.8 Å². The second-order valence-corrected chi connectivity index (χ2v) is 7.30. The molecule has 2 aromatic rings. The van der Waals surface area contributed by atoms with Crippen LogP contribution in [-0.4, -0.2) is 55.7 Å². The Hall–Kier alpha value is -2.64. The second kappa shape index (κ2) is 8.39. The molecule has 1 saturated heterocycles. The standard InChI is InChI=1S/C21H20ClFN2O4/c22-15-4-3-5-16(23)14(15)12-20(26)25-13-19(21(27)24-8-10-28-11-9-24)29-18-7-2-1-6-17(18)25/h1-7,19H,8-13H2/t19-/m0/s1. The number of anilines is 1. The third-order valence-electron chi connectivity index (χ3n) is 5.06. The molecule has 2 heterocycles. The van der Waals surface area contributed by atoms with E-state index in [1.165, 1.54) is 17.0 Å². The lowest BCUT2D eigenvalue weighted by Gasteiger charge is -2.37. The Labute approximate surface area is 172 Å². The fraction of sp³-hybridized carbons (Fsp3) is 0.333. The Morgan fingerprint density at radius 2 is 1.86 bits per heavy atom. The SMILES string of the molecule is O=C([C@@H]1CN(C(=O)Cc2c(F)cccc2Cl)c2ccccc2O1)N1CCOCC1. The maximum absolute atomic E-state index is 14.2. The van der Waals surface area contributed by atoms with Crippen molar-refractivity contribution in [3.8, 4) is 5.75 Å². The van der Waals surface area contributed by atoms with Gasteiger partial charge in [0.05, 0.1) is 31.9 Å². The molecule has 6 nitrogen and oxygen atoms in total. The van der Waals surface area contributed by atoms with E-state index in [1.807, 2.05) is 0 Å². The Bertz CT molecular complexity index is 912. The number of rotatable bonds is 3. The van der Waals surface area contributed by atoms with Gasteiger partial charge in [-0.2, -0.15) is 0 Å². The molecule has 1 atom stereocenters. The molecule has 4 rings (SSSR count). The van der Waals surface area contributed by atoms with Crippen molar-refractivity contribution in [2.75, 3.05) is 37.7 Å². The lowest BCUT2D eigenvalue weighted by molar-refractivity contribution is -0.142. The molecule has 152 valence electrons. The first-order valence-electron chi connectivity index (χ1n) is 9.40. The minimum atomic E-state index is -0.831. The van der Waals surface area contributed by atoms with Gasteiger partial charge in [0, 0.05) is 23.7 Å². The molecule has 0 saturated carbocycles. The van der Waals surface area contributed by atoms with Gasteiger partial charge in [0.1, 0.15) is 11.6 Å². The molecule has 0 radical (unpaired) electrons. The van der Waals surface area contributed by atoms with Crippen LogP contribution < -0.4 is 9.64 Å². The quantitative estimate of drug-likeness (QED) is 0.769. The maximum Gasteiger partial charge on any atom is 0.265 e. The number of halogens is 2. The van der Waals surface area contributed by atoms with E-state index in [-0.39, 0.29) is 35.4 Å². The van der Waals surface area contributed by atoms with E-state index in [1.54, 1.807) is 35.2 Å². The number of nitrogens with zero attached hydrogens (tertiary/aromatic N) is 2. The summed E-state index contributed by atoms with van der Waals surface area (Å²) in [6, 6.07) is 11.3. The zero-order valence-corrected chi connectivity index (χ0v) is 16.4. The number of amides is 2. The summed E-state index contributed by atoms with van der Waals surface area (Å²) in [6.45, 7) is 1.98. The van der Waals surface area contributed by atoms with Gasteiger partial charge in [-0.05, 0) is 24.3 Å². The van der Waals surface area contributed by atoms with Crippen molar-refractivity contribution in [3.05, 3.63) is 58.9 Å². The van der Waals surface area contributed by atoms with Gasteiger partial charge in [-0.15, -0.1) is 0 Å². The summed E-state index contributed by atoms with van der Waals surface area (Å²) in [5, 5.41) is 0.195. The van der Waals surface area contributed by atoms with Crippen LogP contribution in [0.1, 0.15) is 5.56 Å². The van der Waals surface area contributed by atoms with E-state index in [0.717, 1.165) is 0 Å². The van der Waals surface area contributed by atoms with Crippen LogP contribution in [0.2, 0.25) is 5.02 Å². The molecule has 0 aromatic heterocycles. The number of fused-ring (bicyclic) bond motifs is 1. The van der Waals surface area contributed by atoms with Crippen molar-refractivity contribution in [2.45, 2.75) is 12.5 Å². The molecule has 2 amide bonds. The summed E-state index contributed by atoms with van der Waals surface area (Å²) < 4.78 is 25.4. The highest BCUT2D eigenvalue weighted by atomic mass is 35.5. The van der Waals surface area contributed by atoms with Gasteiger partial charge in [0.25, 0.3) is 5.91 Å². The van der Waals surface area contributed by atoms with Crippen LogP contribution in [0.3, 0.4) is 0 Å². The van der Waals surface area contributed by atoms with Crippen LogP contribution in [0.4, 0.5) is 10.1 Å². The molecule has 29 heavy (non-hydrogen) atoms. The fourth-order valence-corrected chi connectivity index (χ4v) is 3.76. The van der Waals surface area contributed by atoms with E-state index in [4.69, 9.17) is 21.1 Å². The summed E-state index contributed by atoms with van der Waals surface area (Å²) in [5.74, 6) is -0.635. The van der Waals surface area contributed by atoms with Gasteiger partial charge in [-0.25, -0.2) is 4.39 Å². The Balaban J connectivity index is 1.59. The van der Waals surface area contributed by atoms with E-state index < -0.39 is 11.9 Å². The molecule has 2 aliphatic heterocycles. The number of carbonyl (C=O) groups is 2. The Morgan fingerprint density at radius 3 is 2.62 bits per heavy atom. The average molecular weight is 419 g/mol. The van der Waals surface area contributed by atoms with Gasteiger partial charge in [-0.3, -0.25) is 9.59 Å². The zero-order valence-electron chi connectivity index (χ0n) is 15.6. The number of hydrogen-bond donors (Lipinski definition) is 0. The number of ether oxygens (including phenoxy) is 2. The van der Waals surface area contributed by atoms with Gasteiger partial charge < -0.3 is 19.3 Å². The second-order valence-electron chi connectivity index (χ2n) is 6.89. The highest BCUT2D eigenvalue weighted by Gasteiger charge is 2.36. The van der Waals surface area contributed by atoms with Crippen molar-refractivity contribution in [2.24, 2.45) is 0 Å². The smallest absolute Gasteiger partial charge is 0.265 e. The largest absolute Gasteiger partial charge is 0.476 e. The summed E-state index contributed by atoms with van der Waals surface area (Å²) in [4.78, 5) is 29.2. The lowest BCUT2D eigenvalue weighted by Crippen LogP contribution is -2.54. The molecule has 2 aliphatic rings. The fourth-order valence-electron chi connectivity index (χ4n) is 3.53. The van der Waals surface area contributed by atoms with Crippen LogP contribution in [0.25, 0.3) is 0 Å². The minimum absolute atomic E-state index is 0.0537. The topological polar surface area (TPSA) is 59.1 Å². The molecule has 2 aromatic carbocycles. The van der Waals surface area contributed by atoms with Gasteiger partial charge in [0.2, 0.25) is 5.91 Å². The van der Waals surface area contributed by atoms with Crippen molar-refractivity contribution >= 4 is 29.1 Å². The van der Waals surface area contributed by atoms with E-state index in [0.29, 0.717) is 37.7 Å². The molecular formula is C21H20ClFN2O4. The summed E-state index contributed by atoms with van der Waals surface area (Å²) in [6.07, 6.45) is -1.04. The van der Waals surface area contributed by atoms with Crippen LogP contribution in [0.15, 0.2) is 42.5 Å². The van der Waals surface area contributed by atoms with Crippen LogP contribution in [0.5, 0.6) is 5.75 Å². The molecule has 0 aliphatic carbocycles. The molecule has 0 spiro atoms. The van der Waals surface area contributed by atoms with Crippen LogP contribution >= 0.6 is 11.6 Å². The summed E-state index contributed by atoms with van der Waals surface area (Å²) in [7, 11) is 0. The Kier molecular flexibility index (Phi) is 5.69. The van der Waals surface area contributed by atoms with Crippen molar-refractivity contribution in [1.29, 1.82) is 0 Å². The highest BCUT2D eigenvalue weighted by molar-refractivity contribution is 6.31. The third-order valence-corrected chi connectivity index (χ3v) is 5.42. The molecule has 0 bridgehead atoms. The maximum atomic E-state index is 14.2. The van der Waals surface area contributed by atoms with E-state index >= 15 is 0 Å². The first kappa shape index (κ1) is 19.7. The number of morpholine rings is 1. The number of hydrogen-bond acceptors (Lipinski definition) is 4. The van der Waals surface area contributed by atoms with Gasteiger partial charge in [0.15, 0.2) is 6.10 Å². The molecular weight excluding hydrogens is 399 g/mol. The zero-order chi connectivity index (χ0) is 20.4. The number of para-hydroxylation sites is 2. The van der Waals surface area contributed by atoms with E-state index in [9.17, 15) is 14.0 Å². The molecule has 1 fully saturated rings. The first-order chi connectivity index (χ1) is 14.0. The predicted molar refractivity (Wildman–Crippen MR) is 106 cm³/mol. The third kappa shape index (κ3) is 4.06. The van der Waals surface area contributed by atoms with Crippen LogP contribution in [-0.2, 0) is 20.7 Å². The summed E-state index contributed by atoms with van der Waals surface area (Å²) in [5.41, 5.74) is 0.690. The Morgan fingerprint density at radius 1 is 1.10 bits per heavy atom.